The van der Waals surface area contributed by atoms with Crippen LogP contribution in [0, 0.1) is 0 Å². The zero-order valence-corrected chi connectivity index (χ0v) is 30.3. The number of amides is 3. The number of nitrogens with zero attached hydrogens (tertiary/aromatic N) is 5. The number of halogens is 1. The van der Waals surface area contributed by atoms with Crippen LogP contribution in [0.2, 0.25) is 0 Å². The summed E-state index contributed by atoms with van der Waals surface area (Å²) in [7, 11) is 5.57. The van der Waals surface area contributed by atoms with E-state index < -0.39 is 6.04 Å². The molecule has 0 spiro atoms. The van der Waals surface area contributed by atoms with Crippen LogP contribution in [0.3, 0.4) is 0 Å². The summed E-state index contributed by atoms with van der Waals surface area (Å²) in [5.41, 5.74) is 4.91. The van der Waals surface area contributed by atoms with Crippen molar-refractivity contribution in [1.82, 2.24) is 29.8 Å². The Hall–Kier alpha value is -4.20. The van der Waals surface area contributed by atoms with Crippen molar-refractivity contribution in [2.75, 3.05) is 45.6 Å². The van der Waals surface area contributed by atoms with Gasteiger partial charge in [0.05, 0.1) is 17.9 Å². The molecule has 2 N–H and O–H groups in total. The Labute approximate surface area is 300 Å². The minimum absolute atomic E-state index is 0.0118. The van der Waals surface area contributed by atoms with E-state index in [4.69, 9.17) is 0 Å². The first-order valence-electron chi connectivity index (χ1n) is 17.2. The van der Waals surface area contributed by atoms with Crippen molar-refractivity contribution in [1.29, 1.82) is 0 Å². The van der Waals surface area contributed by atoms with Crippen LogP contribution in [0.25, 0.3) is 0 Å². The van der Waals surface area contributed by atoms with Gasteiger partial charge >= 0.3 is 0 Å². The Bertz CT molecular complexity index is 1820. The number of anilines is 1. The second-order valence-corrected chi connectivity index (χ2v) is 14.7. The smallest absolute Gasteiger partial charge is 0.282 e. The number of imide groups is 1. The third-order valence-electron chi connectivity index (χ3n) is 10.4. The van der Waals surface area contributed by atoms with Gasteiger partial charge in [-0.3, -0.25) is 34.2 Å². The first kappa shape index (κ1) is 35.6. The Morgan fingerprint density at radius 1 is 1.04 bits per heavy atom. The van der Waals surface area contributed by atoms with E-state index in [-0.39, 0.29) is 41.2 Å². The van der Waals surface area contributed by atoms with E-state index >= 15 is 0 Å². The maximum atomic E-state index is 13.6. The molecule has 3 aliphatic heterocycles. The largest absolute Gasteiger partial charge is 0.379 e. The number of carbonyl (C=O) groups excluding carboxylic acids is 4. The SMILES string of the molecule is CN1CC(Nc2cnn(C)c(=O)c2Br)CC(c2ccc(C(=O)N3CCC(c4cccc(C=O)c4CN(C)C4CCC(=O)NC4=O)CC3)cc2)C1. The van der Waals surface area contributed by atoms with Gasteiger partial charge in [-0.15, -0.1) is 0 Å². The molecule has 3 unspecified atom stereocenters. The van der Waals surface area contributed by atoms with Gasteiger partial charge in [-0.05, 0) is 96.4 Å². The first-order valence-corrected chi connectivity index (χ1v) is 18.0. The van der Waals surface area contributed by atoms with E-state index in [0.717, 1.165) is 49.8 Å². The molecule has 3 saturated heterocycles. The number of benzene rings is 2. The van der Waals surface area contributed by atoms with Gasteiger partial charge in [0.25, 0.3) is 11.5 Å². The molecular weight excluding hydrogens is 702 g/mol. The fraction of sp³-hybridized carbons (Fsp3) is 0.459. The molecule has 12 nitrogen and oxygen atoms in total. The lowest BCUT2D eigenvalue weighted by Crippen LogP contribution is -2.51. The molecule has 0 aliphatic carbocycles. The molecule has 3 amide bonds. The number of hydrogen-bond donors (Lipinski definition) is 2. The van der Waals surface area contributed by atoms with Crippen LogP contribution in [-0.4, -0.2) is 101 Å². The highest BCUT2D eigenvalue weighted by molar-refractivity contribution is 9.10. The third-order valence-corrected chi connectivity index (χ3v) is 11.2. The number of aryl methyl sites for hydroxylation is 1. The molecule has 3 aromatic rings. The quantitative estimate of drug-likeness (QED) is 0.249. The van der Waals surface area contributed by atoms with Crippen LogP contribution in [-0.2, 0) is 23.2 Å². The lowest BCUT2D eigenvalue weighted by molar-refractivity contribution is -0.137. The Balaban J connectivity index is 1.08. The number of likely N-dealkylation sites (tertiary alicyclic amines) is 2. The molecule has 3 fully saturated rings. The monoisotopic (exact) mass is 745 g/mol. The highest BCUT2D eigenvalue weighted by Gasteiger charge is 2.32. The van der Waals surface area contributed by atoms with Gasteiger partial charge in [-0.25, -0.2) is 4.68 Å². The summed E-state index contributed by atoms with van der Waals surface area (Å²) >= 11 is 3.42. The van der Waals surface area contributed by atoms with Crippen molar-refractivity contribution in [3.8, 4) is 0 Å². The molecule has 0 radical (unpaired) electrons. The number of aromatic nitrogens is 2. The summed E-state index contributed by atoms with van der Waals surface area (Å²) in [6.07, 6.45) is 5.69. The van der Waals surface area contributed by atoms with Crippen molar-refractivity contribution in [3.05, 3.63) is 91.3 Å². The topological polar surface area (TPSA) is 137 Å². The molecule has 4 heterocycles. The van der Waals surface area contributed by atoms with Gasteiger partial charge in [-0.2, -0.15) is 5.10 Å². The van der Waals surface area contributed by atoms with E-state index in [1.165, 1.54) is 10.2 Å². The second kappa shape index (κ2) is 15.4. The zero-order valence-electron chi connectivity index (χ0n) is 28.7. The number of aldehydes is 1. The van der Waals surface area contributed by atoms with Crippen LogP contribution >= 0.6 is 15.9 Å². The van der Waals surface area contributed by atoms with Gasteiger partial charge in [-0.1, -0.05) is 30.3 Å². The normalized spacial score (nSPS) is 22.0. The van der Waals surface area contributed by atoms with Crippen molar-refractivity contribution in [2.24, 2.45) is 7.05 Å². The molecule has 3 atom stereocenters. The average Bonchev–Trinajstić information content (AvgIpc) is 3.11. The Morgan fingerprint density at radius 2 is 1.78 bits per heavy atom. The lowest BCUT2D eigenvalue weighted by atomic mass is 9.84. The van der Waals surface area contributed by atoms with E-state index in [2.05, 4.69) is 61.8 Å². The lowest BCUT2D eigenvalue weighted by Gasteiger charge is -2.37. The van der Waals surface area contributed by atoms with Crippen LogP contribution in [0.15, 0.2) is 57.9 Å². The fourth-order valence-corrected chi connectivity index (χ4v) is 8.21. The Kier molecular flexibility index (Phi) is 10.9. The number of piperidine rings is 3. The van der Waals surface area contributed by atoms with Gasteiger partial charge in [0.1, 0.15) is 10.8 Å². The first-order chi connectivity index (χ1) is 24.0. The standard InChI is InChI=1S/C37H44BrN7O5/c1-42-19-27(17-28(20-42)40-31-18-39-44(3)37(50)34(31)38)23-7-9-25(10-8-23)36(49)45-15-13-24(14-16-45)29-6-4-5-26(22-46)30(29)21-43(2)32-11-12-33(47)41-35(32)48/h4-10,18,22,24,27-28,32,40H,11-17,19-21H2,1-3H3,(H,41,47,48). The molecular formula is C37H44BrN7O5. The Morgan fingerprint density at radius 3 is 2.48 bits per heavy atom. The number of rotatable bonds is 9. The molecule has 1 aromatic heterocycles. The molecule has 2 aromatic carbocycles. The fourth-order valence-electron chi connectivity index (χ4n) is 7.73. The van der Waals surface area contributed by atoms with E-state index in [1.54, 1.807) is 19.3 Å². The summed E-state index contributed by atoms with van der Waals surface area (Å²) < 4.78 is 1.77. The summed E-state index contributed by atoms with van der Waals surface area (Å²) in [6, 6.07) is 13.4. The molecule has 6 rings (SSSR count). The van der Waals surface area contributed by atoms with Gasteiger partial charge in [0, 0.05) is 63.4 Å². The third kappa shape index (κ3) is 7.74. The number of nitrogens with one attached hydrogen (secondary N) is 2. The predicted molar refractivity (Wildman–Crippen MR) is 193 cm³/mol. The van der Waals surface area contributed by atoms with Crippen molar-refractivity contribution < 1.29 is 19.2 Å². The highest BCUT2D eigenvalue weighted by atomic mass is 79.9. The van der Waals surface area contributed by atoms with Crippen molar-refractivity contribution in [3.63, 3.8) is 0 Å². The maximum Gasteiger partial charge on any atom is 0.282 e. The molecule has 50 heavy (non-hydrogen) atoms. The maximum absolute atomic E-state index is 13.6. The highest BCUT2D eigenvalue weighted by Crippen LogP contribution is 2.34. The predicted octanol–water partition coefficient (Wildman–Crippen LogP) is 3.51. The van der Waals surface area contributed by atoms with E-state index in [1.807, 2.05) is 35.0 Å². The van der Waals surface area contributed by atoms with Crippen LogP contribution in [0.5, 0.6) is 0 Å². The number of hydrogen-bond acceptors (Lipinski definition) is 9. The molecule has 3 aliphatic rings. The molecule has 13 heteroatoms. The van der Waals surface area contributed by atoms with Crippen LogP contribution in [0.1, 0.15) is 81.3 Å². The number of likely N-dealkylation sites (N-methyl/N-ethyl adjacent to an activating group) is 2. The minimum atomic E-state index is -0.436. The van der Waals surface area contributed by atoms with Crippen LogP contribution < -0.4 is 16.2 Å². The van der Waals surface area contributed by atoms with Crippen LogP contribution in [0.4, 0.5) is 5.69 Å². The average molecular weight is 747 g/mol. The van der Waals surface area contributed by atoms with Gasteiger partial charge < -0.3 is 15.1 Å². The minimum Gasteiger partial charge on any atom is -0.379 e. The van der Waals surface area contributed by atoms with E-state index in [9.17, 15) is 24.0 Å². The van der Waals surface area contributed by atoms with E-state index in [0.29, 0.717) is 53.8 Å². The summed E-state index contributed by atoms with van der Waals surface area (Å²) in [5.74, 6) is -0.112. The molecule has 264 valence electrons. The molecule has 0 bridgehead atoms. The van der Waals surface area contributed by atoms with Crippen molar-refractivity contribution >= 4 is 45.6 Å². The second-order valence-electron chi connectivity index (χ2n) is 13.9. The number of carbonyl (C=O) groups is 4. The van der Waals surface area contributed by atoms with Gasteiger partial charge in [0.2, 0.25) is 11.8 Å². The molecule has 0 saturated carbocycles. The van der Waals surface area contributed by atoms with Crippen molar-refractivity contribution in [2.45, 2.75) is 62.6 Å². The zero-order chi connectivity index (χ0) is 35.5. The van der Waals surface area contributed by atoms with Gasteiger partial charge in [0.15, 0.2) is 0 Å². The summed E-state index contributed by atoms with van der Waals surface area (Å²) in [5, 5.41) is 10.1. The summed E-state index contributed by atoms with van der Waals surface area (Å²) in [4.78, 5) is 68.3. The summed E-state index contributed by atoms with van der Waals surface area (Å²) in [6.45, 7) is 3.35.